The highest BCUT2D eigenvalue weighted by Crippen LogP contribution is 2.19. The van der Waals surface area contributed by atoms with Gasteiger partial charge in [-0.05, 0) is 0 Å². The lowest BCUT2D eigenvalue weighted by atomic mass is 10.2. The van der Waals surface area contributed by atoms with E-state index in [-0.39, 0.29) is 5.69 Å². The Bertz CT molecular complexity index is 521. The predicted molar refractivity (Wildman–Crippen MR) is 50.5 cm³/mol. The van der Waals surface area contributed by atoms with Gasteiger partial charge in [-0.2, -0.15) is 5.10 Å². The minimum Gasteiger partial charge on any atom is -0.476 e. The van der Waals surface area contributed by atoms with Gasteiger partial charge in [0.1, 0.15) is 5.15 Å². The van der Waals surface area contributed by atoms with Crippen LogP contribution in [0.15, 0.2) is 12.3 Å². The molecule has 2 heterocycles. The first-order chi connectivity index (χ1) is 6.59. The fourth-order valence-electron chi connectivity index (χ4n) is 1.29. The first kappa shape index (κ1) is 8.96. The van der Waals surface area contributed by atoms with Gasteiger partial charge in [0, 0.05) is 19.3 Å². The van der Waals surface area contributed by atoms with Crippen molar-refractivity contribution in [1.29, 1.82) is 0 Å². The molecule has 0 spiro atoms. The van der Waals surface area contributed by atoms with E-state index < -0.39 is 5.97 Å². The van der Waals surface area contributed by atoms with Gasteiger partial charge in [0.15, 0.2) is 5.69 Å². The largest absolute Gasteiger partial charge is 0.476 e. The maximum absolute atomic E-state index is 10.8. The molecule has 0 fully saturated rings. The van der Waals surface area contributed by atoms with E-state index >= 15 is 0 Å². The molecule has 0 bridgehead atoms. The zero-order valence-electron chi connectivity index (χ0n) is 7.23. The number of aromatic carboxylic acids is 1. The molecule has 2 aromatic rings. The molecule has 0 saturated heterocycles. The molecule has 14 heavy (non-hydrogen) atoms. The highest BCUT2D eigenvalue weighted by molar-refractivity contribution is 6.30. The summed E-state index contributed by atoms with van der Waals surface area (Å²) in [4.78, 5) is 14.6. The molecular weight excluding hydrogens is 206 g/mol. The summed E-state index contributed by atoms with van der Waals surface area (Å²) in [6, 6.07) is 1.58. The highest BCUT2D eigenvalue weighted by Gasteiger charge is 2.15. The van der Waals surface area contributed by atoms with E-state index in [0.29, 0.717) is 16.1 Å². The number of hydrogen-bond donors (Lipinski definition) is 1. The Hall–Kier alpha value is -1.62. The maximum atomic E-state index is 10.8. The third-order valence-corrected chi connectivity index (χ3v) is 2.11. The average Bonchev–Trinajstić information content (AvgIpc) is 2.44. The monoisotopic (exact) mass is 211 g/mol. The summed E-state index contributed by atoms with van der Waals surface area (Å²) < 4.78 is 1.46. The lowest BCUT2D eigenvalue weighted by Gasteiger charge is -1.92. The number of nitrogens with zero attached hydrogens (tertiary/aromatic N) is 3. The minimum absolute atomic E-state index is 0.00772. The van der Waals surface area contributed by atoms with E-state index in [2.05, 4.69) is 10.1 Å². The van der Waals surface area contributed by atoms with Crippen molar-refractivity contribution >= 4 is 28.5 Å². The summed E-state index contributed by atoms with van der Waals surface area (Å²) in [6.07, 6.45) is 1.41. The summed E-state index contributed by atoms with van der Waals surface area (Å²) in [7, 11) is 1.66. The molecule has 1 N–H and O–H groups in total. The number of halogens is 1. The lowest BCUT2D eigenvalue weighted by Crippen LogP contribution is -1.99. The minimum atomic E-state index is -1.07. The van der Waals surface area contributed by atoms with Crippen LogP contribution in [0.4, 0.5) is 0 Å². The summed E-state index contributed by atoms with van der Waals surface area (Å²) in [5.41, 5.74) is 0.647. The molecular formula is C8H6ClN3O2. The Morgan fingerprint density at radius 3 is 3.00 bits per heavy atom. The number of aryl methyl sites for hydroxylation is 1. The van der Waals surface area contributed by atoms with E-state index in [4.69, 9.17) is 16.7 Å². The number of aromatic nitrogens is 3. The van der Waals surface area contributed by atoms with Crippen LogP contribution in [0.25, 0.3) is 10.9 Å². The van der Waals surface area contributed by atoms with E-state index in [1.54, 1.807) is 13.1 Å². The van der Waals surface area contributed by atoms with Gasteiger partial charge in [-0.25, -0.2) is 9.78 Å². The third kappa shape index (κ3) is 1.22. The summed E-state index contributed by atoms with van der Waals surface area (Å²) in [6.45, 7) is 0. The SMILES string of the molecule is Cn1nc(C(=O)O)c2cnc(Cl)cc21. The van der Waals surface area contributed by atoms with Crippen LogP contribution in [0.2, 0.25) is 5.15 Å². The molecule has 2 aromatic heterocycles. The van der Waals surface area contributed by atoms with Crippen molar-refractivity contribution in [2.24, 2.45) is 7.05 Å². The summed E-state index contributed by atoms with van der Waals surface area (Å²) in [5.74, 6) is -1.07. The van der Waals surface area contributed by atoms with Gasteiger partial charge in [-0.3, -0.25) is 4.68 Å². The molecule has 0 aliphatic heterocycles. The Morgan fingerprint density at radius 1 is 1.64 bits per heavy atom. The van der Waals surface area contributed by atoms with Crippen molar-refractivity contribution in [1.82, 2.24) is 14.8 Å². The molecule has 0 unspecified atom stereocenters. The molecule has 0 amide bonds. The fraction of sp³-hybridized carbons (Fsp3) is 0.125. The maximum Gasteiger partial charge on any atom is 0.357 e. The van der Waals surface area contributed by atoms with Crippen molar-refractivity contribution in [2.45, 2.75) is 0 Å². The molecule has 0 atom stereocenters. The first-order valence-corrected chi connectivity index (χ1v) is 4.19. The van der Waals surface area contributed by atoms with Crippen LogP contribution in [-0.2, 0) is 7.05 Å². The second-order valence-corrected chi connectivity index (χ2v) is 3.19. The van der Waals surface area contributed by atoms with Crippen LogP contribution < -0.4 is 0 Å². The number of carboxylic acids is 1. The molecule has 0 aliphatic carbocycles. The quantitative estimate of drug-likeness (QED) is 0.723. The Balaban J connectivity index is 2.84. The summed E-state index contributed by atoms with van der Waals surface area (Å²) >= 11 is 5.68. The number of pyridine rings is 1. The zero-order chi connectivity index (χ0) is 10.3. The second kappa shape index (κ2) is 2.95. The highest BCUT2D eigenvalue weighted by atomic mass is 35.5. The van der Waals surface area contributed by atoms with Crippen LogP contribution in [0, 0.1) is 0 Å². The van der Waals surface area contributed by atoms with Crippen molar-refractivity contribution in [3.63, 3.8) is 0 Å². The average molecular weight is 212 g/mol. The molecule has 6 heteroatoms. The number of fused-ring (bicyclic) bond motifs is 1. The number of hydrogen-bond acceptors (Lipinski definition) is 3. The van der Waals surface area contributed by atoms with Crippen molar-refractivity contribution in [2.75, 3.05) is 0 Å². The Labute approximate surface area is 83.9 Å². The molecule has 2 rings (SSSR count). The van der Waals surface area contributed by atoms with Crippen molar-refractivity contribution in [3.8, 4) is 0 Å². The smallest absolute Gasteiger partial charge is 0.357 e. The number of carbonyl (C=O) groups is 1. The molecule has 0 radical (unpaired) electrons. The van der Waals surface area contributed by atoms with Gasteiger partial charge in [0.25, 0.3) is 0 Å². The molecule has 5 nitrogen and oxygen atoms in total. The molecule has 0 aromatic carbocycles. The standard InChI is InChI=1S/C8H6ClN3O2/c1-12-5-2-6(9)10-3-4(5)7(11-12)8(13)14/h2-3H,1H3,(H,13,14). The Morgan fingerprint density at radius 2 is 2.36 bits per heavy atom. The molecule has 0 saturated carbocycles. The molecule has 0 aliphatic rings. The lowest BCUT2D eigenvalue weighted by molar-refractivity contribution is 0.0691. The Kier molecular flexibility index (Phi) is 1.89. The van der Waals surface area contributed by atoms with Crippen LogP contribution in [0.3, 0.4) is 0 Å². The predicted octanol–water partition coefficient (Wildman–Crippen LogP) is 1.32. The van der Waals surface area contributed by atoms with Crippen LogP contribution in [-0.4, -0.2) is 25.8 Å². The van der Waals surface area contributed by atoms with Gasteiger partial charge in [0.05, 0.1) is 10.9 Å². The van der Waals surface area contributed by atoms with Gasteiger partial charge in [0.2, 0.25) is 0 Å². The first-order valence-electron chi connectivity index (χ1n) is 3.81. The van der Waals surface area contributed by atoms with E-state index in [1.807, 2.05) is 0 Å². The van der Waals surface area contributed by atoms with Crippen LogP contribution in [0.5, 0.6) is 0 Å². The van der Waals surface area contributed by atoms with Crippen LogP contribution >= 0.6 is 11.6 Å². The van der Waals surface area contributed by atoms with E-state index in [9.17, 15) is 4.79 Å². The van der Waals surface area contributed by atoms with Gasteiger partial charge in [-0.15, -0.1) is 0 Å². The van der Waals surface area contributed by atoms with Crippen molar-refractivity contribution < 1.29 is 9.90 Å². The topological polar surface area (TPSA) is 68.0 Å². The normalized spacial score (nSPS) is 10.7. The second-order valence-electron chi connectivity index (χ2n) is 2.80. The van der Waals surface area contributed by atoms with Gasteiger partial charge in [-0.1, -0.05) is 11.6 Å². The number of carboxylic acid groups (broad SMARTS) is 1. The fourth-order valence-corrected chi connectivity index (χ4v) is 1.44. The van der Waals surface area contributed by atoms with Crippen LogP contribution in [0.1, 0.15) is 10.5 Å². The third-order valence-electron chi connectivity index (χ3n) is 1.91. The van der Waals surface area contributed by atoms with Gasteiger partial charge >= 0.3 is 5.97 Å². The zero-order valence-corrected chi connectivity index (χ0v) is 7.99. The van der Waals surface area contributed by atoms with E-state index in [1.165, 1.54) is 10.9 Å². The van der Waals surface area contributed by atoms with E-state index in [0.717, 1.165) is 0 Å². The number of rotatable bonds is 1. The van der Waals surface area contributed by atoms with Gasteiger partial charge < -0.3 is 5.11 Å². The summed E-state index contributed by atoms with van der Waals surface area (Å²) in [5, 5.41) is 13.5. The molecule has 72 valence electrons. The van der Waals surface area contributed by atoms with Crippen molar-refractivity contribution in [3.05, 3.63) is 23.1 Å².